The molecule has 0 aromatic carbocycles. The van der Waals surface area contributed by atoms with E-state index in [-0.39, 0.29) is 5.54 Å². The second-order valence-electron chi connectivity index (χ2n) is 4.77. The summed E-state index contributed by atoms with van der Waals surface area (Å²) in [5.74, 6) is -0.400. The van der Waals surface area contributed by atoms with Gasteiger partial charge in [-0.2, -0.15) is 0 Å². The molecule has 17 heavy (non-hydrogen) atoms. The zero-order chi connectivity index (χ0) is 12.5. The largest absolute Gasteiger partial charge is 0.478 e. The van der Waals surface area contributed by atoms with E-state index >= 15 is 0 Å². The molecule has 0 atom stereocenters. The Morgan fingerprint density at radius 1 is 1.59 bits per heavy atom. The van der Waals surface area contributed by atoms with Crippen molar-refractivity contribution in [3.8, 4) is 0 Å². The number of hydrogen-bond donors (Lipinski definition) is 2. The first-order valence-electron chi connectivity index (χ1n) is 6.05. The van der Waals surface area contributed by atoms with Crippen molar-refractivity contribution in [3.05, 3.63) is 23.4 Å². The third kappa shape index (κ3) is 2.12. The first-order chi connectivity index (χ1) is 8.08. The van der Waals surface area contributed by atoms with Gasteiger partial charge in [-0.15, -0.1) is 0 Å². The Balaban J connectivity index is 2.32. The van der Waals surface area contributed by atoms with Crippen LogP contribution in [0.3, 0.4) is 0 Å². The van der Waals surface area contributed by atoms with Crippen LogP contribution < -0.4 is 5.32 Å². The summed E-state index contributed by atoms with van der Waals surface area (Å²) in [7, 11) is 0. The number of carbonyl (C=O) groups is 1. The quantitative estimate of drug-likeness (QED) is 0.841. The van der Waals surface area contributed by atoms with Gasteiger partial charge in [0.25, 0.3) is 0 Å². The Bertz CT molecular complexity index is 434. The number of aromatic nitrogens is 1. The molecule has 1 fully saturated rings. The number of pyridine rings is 1. The highest BCUT2D eigenvalue weighted by Crippen LogP contribution is 2.38. The molecular weight excluding hydrogens is 216 g/mol. The normalized spacial score (nSPS) is 17.3. The van der Waals surface area contributed by atoms with Crippen LogP contribution in [-0.4, -0.2) is 21.6 Å². The number of anilines is 1. The molecule has 92 valence electrons. The molecule has 0 saturated heterocycles. The lowest BCUT2D eigenvalue weighted by molar-refractivity contribution is 0.0696. The van der Waals surface area contributed by atoms with Crippen molar-refractivity contribution in [2.24, 2.45) is 0 Å². The van der Waals surface area contributed by atoms with Crippen molar-refractivity contribution < 1.29 is 9.90 Å². The Morgan fingerprint density at radius 3 is 2.76 bits per heavy atom. The molecule has 4 nitrogen and oxygen atoms in total. The van der Waals surface area contributed by atoms with Crippen molar-refractivity contribution in [2.45, 2.75) is 45.1 Å². The third-order valence-electron chi connectivity index (χ3n) is 3.74. The molecular formula is C13H18N2O2. The van der Waals surface area contributed by atoms with Crippen LogP contribution >= 0.6 is 0 Å². The van der Waals surface area contributed by atoms with E-state index in [1.54, 1.807) is 19.2 Å². The molecule has 1 aliphatic rings. The van der Waals surface area contributed by atoms with Gasteiger partial charge in [-0.05, 0) is 44.2 Å². The molecule has 0 radical (unpaired) electrons. The van der Waals surface area contributed by atoms with E-state index in [1.807, 2.05) is 0 Å². The Kier molecular flexibility index (Phi) is 3.05. The van der Waals surface area contributed by atoms with E-state index in [9.17, 15) is 9.90 Å². The van der Waals surface area contributed by atoms with Gasteiger partial charge in [-0.1, -0.05) is 6.92 Å². The lowest BCUT2D eigenvalue weighted by Crippen LogP contribution is -2.45. The Morgan fingerprint density at radius 2 is 2.29 bits per heavy atom. The second-order valence-corrected chi connectivity index (χ2v) is 4.77. The van der Waals surface area contributed by atoms with E-state index in [1.165, 1.54) is 6.42 Å². The zero-order valence-electron chi connectivity index (χ0n) is 10.3. The molecule has 1 aliphatic carbocycles. The fourth-order valence-electron chi connectivity index (χ4n) is 2.34. The number of carboxylic acid groups (broad SMARTS) is 1. The molecule has 4 heteroatoms. The molecule has 2 N–H and O–H groups in total. The van der Waals surface area contributed by atoms with Gasteiger partial charge >= 0.3 is 5.97 Å². The highest BCUT2D eigenvalue weighted by atomic mass is 16.4. The molecule has 0 amide bonds. The molecule has 1 aromatic rings. The maximum atomic E-state index is 11.2. The van der Waals surface area contributed by atoms with Gasteiger partial charge in [0, 0.05) is 11.7 Å². The van der Waals surface area contributed by atoms with Crippen LogP contribution in [0.4, 0.5) is 5.82 Å². The van der Waals surface area contributed by atoms with Gasteiger partial charge in [0.2, 0.25) is 0 Å². The molecule has 0 spiro atoms. The molecule has 1 saturated carbocycles. The van der Waals surface area contributed by atoms with Gasteiger partial charge in [0.15, 0.2) is 0 Å². The van der Waals surface area contributed by atoms with Crippen molar-refractivity contribution >= 4 is 11.8 Å². The second kappa shape index (κ2) is 4.35. The van der Waals surface area contributed by atoms with Crippen LogP contribution in [0.5, 0.6) is 0 Å². The SMILES string of the molecule is CCC1(Nc2nccc(C)c2C(=O)O)CCC1. The summed E-state index contributed by atoms with van der Waals surface area (Å²) in [6.07, 6.45) is 6.05. The minimum Gasteiger partial charge on any atom is -0.478 e. The first-order valence-corrected chi connectivity index (χ1v) is 6.05. The van der Waals surface area contributed by atoms with E-state index < -0.39 is 5.97 Å². The van der Waals surface area contributed by atoms with Crippen LogP contribution in [0.1, 0.15) is 48.5 Å². The molecule has 2 rings (SSSR count). The number of aromatic carboxylic acids is 1. The van der Waals surface area contributed by atoms with Crippen molar-refractivity contribution in [2.75, 3.05) is 5.32 Å². The first kappa shape index (κ1) is 11.9. The summed E-state index contributed by atoms with van der Waals surface area (Å²) < 4.78 is 0. The monoisotopic (exact) mass is 234 g/mol. The minimum atomic E-state index is -0.913. The topological polar surface area (TPSA) is 62.2 Å². The van der Waals surface area contributed by atoms with Crippen LogP contribution in [0, 0.1) is 6.92 Å². The summed E-state index contributed by atoms with van der Waals surface area (Å²) in [5, 5.41) is 12.6. The molecule has 1 heterocycles. The van der Waals surface area contributed by atoms with Crippen LogP contribution in [0.25, 0.3) is 0 Å². The third-order valence-corrected chi connectivity index (χ3v) is 3.74. The molecule has 0 aliphatic heterocycles. The van der Waals surface area contributed by atoms with Gasteiger partial charge in [-0.3, -0.25) is 0 Å². The predicted molar refractivity (Wildman–Crippen MR) is 66.4 cm³/mol. The minimum absolute atomic E-state index is 0.0605. The van der Waals surface area contributed by atoms with Crippen LogP contribution in [0.2, 0.25) is 0 Å². The lowest BCUT2D eigenvalue weighted by Gasteiger charge is -2.42. The van der Waals surface area contributed by atoms with E-state index in [4.69, 9.17) is 0 Å². The zero-order valence-corrected chi connectivity index (χ0v) is 10.3. The summed E-state index contributed by atoms with van der Waals surface area (Å²) >= 11 is 0. The number of aryl methyl sites for hydroxylation is 1. The predicted octanol–water partition coefficient (Wildman–Crippen LogP) is 2.83. The highest BCUT2D eigenvalue weighted by molar-refractivity contribution is 5.94. The number of hydrogen-bond acceptors (Lipinski definition) is 3. The van der Waals surface area contributed by atoms with Gasteiger partial charge in [0.05, 0.1) is 0 Å². The average molecular weight is 234 g/mol. The van der Waals surface area contributed by atoms with Gasteiger partial charge in [0.1, 0.15) is 11.4 Å². The maximum absolute atomic E-state index is 11.2. The van der Waals surface area contributed by atoms with Crippen molar-refractivity contribution in [1.29, 1.82) is 0 Å². The molecule has 0 unspecified atom stereocenters. The number of nitrogens with zero attached hydrogens (tertiary/aromatic N) is 1. The fraction of sp³-hybridized carbons (Fsp3) is 0.538. The summed E-state index contributed by atoms with van der Waals surface area (Å²) in [5.41, 5.74) is 1.11. The Labute approximate surface area is 101 Å². The maximum Gasteiger partial charge on any atom is 0.339 e. The standard InChI is InChI=1S/C13H18N2O2/c1-3-13(6-4-7-13)15-11-10(12(16)17)9(2)5-8-14-11/h5,8H,3-4,6-7H2,1-2H3,(H,14,15)(H,16,17). The number of nitrogens with one attached hydrogen (secondary N) is 1. The molecule has 0 bridgehead atoms. The smallest absolute Gasteiger partial charge is 0.339 e. The number of rotatable bonds is 4. The average Bonchev–Trinajstić information content (AvgIpc) is 2.23. The van der Waals surface area contributed by atoms with E-state index in [0.29, 0.717) is 11.4 Å². The van der Waals surface area contributed by atoms with Crippen LogP contribution in [-0.2, 0) is 0 Å². The summed E-state index contributed by atoms with van der Waals surface area (Å²) in [6, 6.07) is 1.73. The van der Waals surface area contributed by atoms with Gasteiger partial charge < -0.3 is 10.4 Å². The lowest BCUT2D eigenvalue weighted by atomic mass is 9.75. The van der Waals surface area contributed by atoms with Crippen LogP contribution in [0.15, 0.2) is 12.3 Å². The fourth-order valence-corrected chi connectivity index (χ4v) is 2.34. The Hall–Kier alpha value is -1.58. The summed E-state index contributed by atoms with van der Waals surface area (Å²) in [6.45, 7) is 3.93. The number of carboxylic acids is 1. The van der Waals surface area contributed by atoms with Crippen molar-refractivity contribution in [3.63, 3.8) is 0 Å². The summed E-state index contributed by atoms with van der Waals surface area (Å²) in [4.78, 5) is 15.4. The van der Waals surface area contributed by atoms with E-state index in [0.717, 1.165) is 24.8 Å². The van der Waals surface area contributed by atoms with Gasteiger partial charge in [-0.25, -0.2) is 9.78 Å². The van der Waals surface area contributed by atoms with Crippen molar-refractivity contribution in [1.82, 2.24) is 4.98 Å². The van der Waals surface area contributed by atoms with E-state index in [2.05, 4.69) is 17.2 Å². The highest BCUT2D eigenvalue weighted by Gasteiger charge is 2.36. The molecule has 1 aromatic heterocycles.